The van der Waals surface area contributed by atoms with E-state index in [9.17, 15) is 5.11 Å². The maximum atomic E-state index is 9.36. The molecular weight excluding hydrogens is 211 g/mol. The van der Waals surface area contributed by atoms with Gasteiger partial charge in [-0.1, -0.05) is 23.2 Å². The molecule has 0 aliphatic heterocycles. The van der Waals surface area contributed by atoms with Crippen LogP contribution >= 0.6 is 23.2 Å². The molecule has 2 aromatic rings. The first-order valence-corrected chi connectivity index (χ1v) is 4.24. The van der Waals surface area contributed by atoms with Crippen LogP contribution in [0.1, 0.15) is 0 Å². The minimum Gasteiger partial charge on any atom is -0.493 e. The zero-order valence-corrected chi connectivity index (χ0v) is 7.84. The van der Waals surface area contributed by atoms with Gasteiger partial charge in [-0.2, -0.15) is 0 Å². The molecule has 66 valence electrons. The number of fused-ring (bicyclic) bond motifs is 1. The summed E-state index contributed by atoms with van der Waals surface area (Å²) in [5.74, 6) is -0.0938. The van der Waals surface area contributed by atoms with E-state index >= 15 is 0 Å². The molecule has 0 unspecified atom stereocenters. The van der Waals surface area contributed by atoms with Crippen LogP contribution in [0.3, 0.4) is 0 Å². The molecule has 2 heterocycles. The Bertz CT molecular complexity index is 473. The molecule has 2 rings (SSSR count). The fourth-order valence-corrected chi connectivity index (χ4v) is 1.58. The smallest absolute Gasteiger partial charge is 0.219 e. The number of halogens is 2. The number of aromatic hydroxyl groups is 1. The van der Waals surface area contributed by atoms with Gasteiger partial charge in [0.05, 0.1) is 0 Å². The third kappa shape index (κ3) is 1.41. The van der Waals surface area contributed by atoms with Gasteiger partial charge in [-0.25, -0.2) is 9.97 Å². The molecule has 0 atom stereocenters. The fraction of sp³-hybridized carbons (Fsp3) is 0. The molecule has 1 N–H and O–H groups in total. The summed E-state index contributed by atoms with van der Waals surface area (Å²) in [6.45, 7) is 0. The summed E-state index contributed by atoms with van der Waals surface area (Å²) in [5, 5.41) is 11.0. The van der Waals surface area contributed by atoms with E-state index < -0.39 is 0 Å². The molecule has 13 heavy (non-hydrogen) atoms. The lowest BCUT2D eigenvalue weighted by molar-refractivity contribution is 0.460. The molecule has 0 fully saturated rings. The highest BCUT2D eigenvalue weighted by Crippen LogP contribution is 2.28. The molecule has 2 aromatic heterocycles. The minimum absolute atomic E-state index is 0.0938. The van der Waals surface area contributed by atoms with E-state index in [1.54, 1.807) is 6.07 Å². The Morgan fingerprint density at radius 3 is 2.77 bits per heavy atom. The molecule has 0 radical (unpaired) electrons. The minimum atomic E-state index is -0.0938. The average molecular weight is 215 g/mol. The van der Waals surface area contributed by atoms with E-state index in [1.807, 2.05) is 0 Å². The monoisotopic (exact) mass is 214 g/mol. The molecule has 0 saturated heterocycles. The van der Waals surface area contributed by atoms with Crippen molar-refractivity contribution in [1.29, 1.82) is 0 Å². The Kier molecular flexibility index (Phi) is 1.98. The Labute approximate surface area is 84.0 Å². The molecule has 0 saturated carbocycles. The highest BCUT2D eigenvalue weighted by atomic mass is 35.5. The summed E-state index contributed by atoms with van der Waals surface area (Å²) < 4.78 is 0. The average Bonchev–Trinajstić information content (AvgIpc) is 2.07. The van der Waals surface area contributed by atoms with E-state index in [2.05, 4.69) is 9.97 Å². The van der Waals surface area contributed by atoms with Gasteiger partial charge in [-0.3, -0.25) is 0 Å². The standard InChI is InChI=1S/C8H4Cl2N2O/c9-6-3-5-4(7(10)12-6)1-2-11-8(5)13/h1-3H,(H,11,13). The van der Waals surface area contributed by atoms with Crippen LogP contribution in [0, 0.1) is 0 Å². The highest BCUT2D eigenvalue weighted by Gasteiger charge is 2.06. The summed E-state index contributed by atoms with van der Waals surface area (Å²) in [6.07, 6.45) is 1.46. The summed E-state index contributed by atoms with van der Waals surface area (Å²) in [6, 6.07) is 3.19. The van der Waals surface area contributed by atoms with Gasteiger partial charge in [-0.15, -0.1) is 0 Å². The van der Waals surface area contributed by atoms with Gasteiger partial charge >= 0.3 is 0 Å². The summed E-state index contributed by atoms with van der Waals surface area (Å²) in [7, 11) is 0. The van der Waals surface area contributed by atoms with Crippen molar-refractivity contribution in [2.45, 2.75) is 0 Å². The second-order valence-electron chi connectivity index (χ2n) is 2.47. The molecule has 0 spiro atoms. The Hall–Kier alpha value is -1.06. The van der Waals surface area contributed by atoms with Crippen LogP contribution < -0.4 is 0 Å². The predicted molar refractivity (Wildman–Crippen MR) is 51.2 cm³/mol. The molecule has 0 aliphatic rings. The number of pyridine rings is 2. The largest absolute Gasteiger partial charge is 0.493 e. The van der Waals surface area contributed by atoms with Crippen LogP contribution in [-0.2, 0) is 0 Å². The van der Waals surface area contributed by atoms with Gasteiger partial charge in [0.2, 0.25) is 5.88 Å². The van der Waals surface area contributed by atoms with Crippen LogP contribution in [0.5, 0.6) is 5.88 Å². The van der Waals surface area contributed by atoms with Crippen molar-refractivity contribution in [3.05, 3.63) is 28.6 Å². The van der Waals surface area contributed by atoms with Crippen molar-refractivity contribution in [3.8, 4) is 5.88 Å². The van der Waals surface area contributed by atoms with Gasteiger partial charge in [0.1, 0.15) is 10.3 Å². The molecule has 0 aromatic carbocycles. The Morgan fingerprint density at radius 1 is 1.23 bits per heavy atom. The Morgan fingerprint density at radius 2 is 2.00 bits per heavy atom. The van der Waals surface area contributed by atoms with Crippen molar-refractivity contribution in [3.63, 3.8) is 0 Å². The molecule has 3 nitrogen and oxygen atoms in total. The molecule has 0 aliphatic carbocycles. The number of nitrogens with zero attached hydrogens (tertiary/aromatic N) is 2. The van der Waals surface area contributed by atoms with Crippen LogP contribution in [0.4, 0.5) is 0 Å². The number of hydrogen-bond acceptors (Lipinski definition) is 3. The van der Waals surface area contributed by atoms with Crippen LogP contribution in [-0.4, -0.2) is 15.1 Å². The maximum Gasteiger partial charge on any atom is 0.219 e. The third-order valence-corrected chi connectivity index (χ3v) is 2.14. The quantitative estimate of drug-likeness (QED) is 0.687. The fourth-order valence-electron chi connectivity index (χ4n) is 1.09. The lowest BCUT2D eigenvalue weighted by atomic mass is 10.2. The second kappa shape index (κ2) is 3.01. The first-order chi connectivity index (χ1) is 6.18. The van der Waals surface area contributed by atoms with Crippen molar-refractivity contribution in [2.24, 2.45) is 0 Å². The van der Waals surface area contributed by atoms with Gasteiger partial charge in [0, 0.05) is 17.0 Å². The first kappa shape index (κ1) is 8.53. The highest BCUT2D eigenvalue weighted by molar-refractivity contribution is 6.36. The third-order valence-electron chi connectivity index (χ3n) is 1.66. The van der Waals surface area contributed by atoms with Crippen molar-refractivity contribution >= 4 is 34.0 Å². The van der Waals surface area contributed by atoms with Crippen molar-refractivity contribution in [2.75, 3.05) is 0 Å². The summed E-state index contributed by atoms with van der Waals surface area (Å²) in [4.78, 5) is 7.53. The van der Waals surface area contributed by atoms with Gasteiger partial charge < -0.3 is 5.11 Å². The number of rotatable bonds is 0. The molecule has 0 amide bonds. The SMILES string of the molecule is Oc1nccc2c(Cl)nc(Cl)cc12. The maximum absolute atomic E-state index is 9.36. The zero-order chi connectivity index (χ0) is 9.42. The molecule has 0 bridgehead atoms. The van der Waals surface area contributed by atoms with E-state index in [4.69, 9.17) is 23.2 Å². The molecule has 5 heteroatoms. The summed E-state index contributed by atoms with van der Waals surface area (Å²) in [5.41, 5.74) is 0. The van der Waals surface area contributed by atoms with Crippen molar-refractivity contribution < 1.29 is 5.11 Å². The molecular formula is C8H4Cl2N2O. The topological polar surface area (TPSA) is 46.0 Å². The lowest BCUT2D eigenvalue weighted by Gasteiger charge is -2.01. The van der Waals surface area contributed by atoms with Crippen molar-refractivity contribution in [1.82, 2.24) is 9.97 Å². The predicted octanol–water partition coefficient (Wildman–Crippen LogP) is 2.64. The lowest BCUT2D eigenvalue weighted by Crippen LogP contribution is -1.83. The second-order valence-corrected chi connectivity index (χ2v) is 3.21. The Balaban J connectivity index is 2.94. The van der Waals surface area contributed by atoms with Crippen LogP contribution in [0.25, 0.3) is 10.8 Å². The van der Waals surface area contributed by atoms with Crippen LogP contribution in [0.2, 0.25) is 10.3 Å². The van der Waals surface area contributed by atoms with Gasteiger partial charge in [-0.05, 0) is 12.1 Å². The van der Waals surface area contributed by atoms with E-state index in [0.29, 0.717) is 10.8 Å². The summed E-state index contributed by atoms with van der Waals surface area (Å²) >= 11 is 11.5. The zero-order valence-electron chi connectivity index (χ0n) is 6.33. The number of hydrogen-bond donors (Lipinski definition) is 1. The first-order valence-electron chi connectivity index (χ1n) is 3.48. The number of aromatic nitrogens is 2. The van der Waals surface area contributed by atoms with E-state index in [-0.39, 0.29) is 16.2 Å². The normalized spacial score (nSPS) is 10.6. The van der Waals surface area contributed by atoms with Crippen LogP contribution in [0.15, 0.2) is 18.3 Å². The van der Waals surface area contributed by atoms with E-state index in [0.717, 1.165) is 0 Å². The van der Waals surface area contributed by atoms with E-state index in [1.165, 1.54) is 12.3 Å². The van der Waals surface area contributed by atoms with Gasteiger partial charge in [0.15, 0.2) is 0 Å². The van der Waals surface area contributed by atoms with Gasteiger partial charge in [0.25, 0.3) is 0 Å².